The molecule has 1 heterocycles. The SMILES string of the molecule is COc1ccc(Cl)cc1C(N)c1ccncc1F. The Kier molecular flexibility index (Phi) is 3.79. The highest BCUT2D eigenvalue weighted by molar-refractivity contribution is 6.30. The highest BCUT2D eigenvalue weighted by Crippen LogP contribution is 2.31. The van der Waals surface area contributed by atoms with Gasteiger partial charge in [0.1, 0.15) is 11.6 Å². The fourth-order valence-corrected chi connectivity index (χ4v) is 1.93. The molecular weight excluding hydrogens is 255 g/mol. The van der Waals surface area contributed by atoms with Crippen LogP contribution in [0, 0.1) is 5.82 Å². The van der Waals surface area contributed by atoms with E-state index in [1.165, 1.54) is 13.3 Å². The van der Waals surface area contributed by atoms with Gasteiger partial charge in [0.05, 0.1) is 19.3 Å². The quantitative estimate of drug-likeness (QED) is 0.929. The van der Waals surface area contributed by atoms with E-state index in [-0.39, 0.29) is 0 Å². The molecular formula is C13H12ClFN2O. The third-order valence-electron chi connectivity index (χ3n) is 2.67. The first-order chi connectivity index (χ1) is 8.63. The third kappa shape index (κ3) is 2.44. The van der Waals surface area contributed by atoms with E-state index in [0.29, 0.717) is 21.9 Å². The fourth-order valence-electron chi connectivity index (χ4n) is 1.75. The normalized spacial score (nSPS) is 12.2. The zero-order chi connectivity index (χ0) is 13.1. The summed E-state index contributed by atoms with van der Waals surface area (Å²) >= 11 is 5.93. The van der Waals surface area contributed by atoms with Crippen LogP contribution in [0.2, 0.25) is 5.02 Å². The number of aromatic nitrogens is 1. The van der Waals surface area contributed by atoms with Crippen LogP contribution in [0.3, 0.4) is 0 Å². The fraction of sp³-hybridized carbons (Fsp3) is 0.154. The highest BCUT2D eigenvalue weighted by Gasteiger charge is 2.17. The first kappa shape index (κ1) is 12.8. The van der Waals surface area contributed by atoms with Crippen molar-refractivity contribution < 1.29 is 9.13 Å². The maximum Gasteiger partial charge on any atom is 0.146 e. The average molecular weight is 267 g/mol. The van der Waals surface area contributed by atoms with Crippen molar-refractivity contribution >= 4 is 11.6 Å². The molecule has 0 saturated heterocycles. The van der Waals surface area contributed by atoms with Gasteiger partial charge < -0.3 is 10.5 Å². The molecule has 5 heteroatoms. The van der Waals surface area contributed by atoms with Crippen LogP contribution in [-0.4, -0.2) is 12.1 Å². The minimum atomic E-state index is -0.651. The van der Waals surface area contributed by atoms with Crippen LogP contribution in [0.25, 0.3) is 0 Å². The molecule has 2 aromatic rings. The average Bonchev–Trinajstić information content (AvgIpc) is 2.38. The monoisotopic (exact) mass is 266 g/mol. The molecule has 2 rings (SSSR count). The van der Waals surface area contributed by atoms with E-state index in [4.69, 9.17) is 22.1 Å². The van der Waals surface area contributed by atoms with Gasteiger partial charge in [-0.15, -0.1) is 0 Å². The minimum Gasteiger partial charge on any atom is -0.496 e. The Hall–Kier alpha value is -1.65. The third-order valence-corrected chi connectivity index (χ3v) is 2.90. The number of pyridine rings is 1. The number of rotatable bonds is 3. The summed E-state index contributed by atoms with van der Waals surface area (Å²) in [6, 6.07) is 5.96. The molecule has 0 bridgehead atoms. The van der Waals surface area contributed by atoms with E-state index in [0.717, 1.165) is 6.20 Å². The summed E-state index contributed by atoms with van der Waals surface area (Å²) in [6.45, 7) is 0. The summed E-state index contributed by atoms with van der Waals surface area (Å²) < 4.78 is 18.9. The molecule has 0 aliphatic rings. The van der Waals surface area contributed by atoms with Crippen molar-refractivity contribution in [3.8, 4) is 5.75 Å². The number of nitrogens with two attached hydrogens (primary N) is 1. The van der Waals surface area contributed by atoms with Gasteiger partial charge in [-0.05, 0) is 24.3 Å². The van der Waals surface area contributed by atoms with Gasteiger partial charge in [-0.2, -0.15) is 0 Å². The van der Waals surface area contributed by atoms with E-state index in [1.54, 1.807) is 24.3 Å². The van der Waals surface area contributed by atoms with Crippen molar-refractivity contribution in [3.63, 3.8) is 0 Å². The van der Waals surface area contributed by atoms with Gasteiger partial charge in [0.25, 0.3) is 0 Å². The zero-order valence-corrected chi connectivity index (χ0v) is 10.5. The van der Waals surface area contributed by atoms with Crippen molar-refractivity contribution in [1.29, 1.82) is 0 Å². The molecule has 0 spiro atoms. The lowest BCUT2D eigenvalue weighted by Crippen LogP contribution is -2.15. The molecule has 0 radical (unpaired) electrons. The number of benzene rings is 1. The van der Waals surface area contributed by atoms with Gasteiger partial charge in [-0.3, -0.25) is 4.98 Å². The zero-order valence-electron chi connectivity index (χ0n) is 9.73. The minimum absolute atomic E-state index is 0.352. The summed E-state index contributed by atoms with van der Waals surface area (Å²) in [4.78, 5) is 3.69. The molecule has 1 atom stereocenters. The van der Waals surface area contributed by atoms with Crippen molar-refractivity contribution in [1.82, 2.24) is 4.98 Å². The Morgan fingerprint density at radius 2 is 2.11 bits per heavy atom. The Labute approximate surface area is 109 Å². The standard InChI is InChI=1S/C13H12ClFN2O/c1-18-12-3-2-8(14)6-10(12)13(16)9-4-5-17-7-11(9)15/h2-7,13H,16H2,1H3. The van der Waals surface area contributed by atoms with Gasteiger partial charge in [-0.25, -0.2) is 4.39 Å². The van der Waals surface area contributed by atoms with Crippen molar-refractivity contribution in [2.75, 3.05) is 7.11 Å². The molecule has 2 N–H and O–H groups in total. The molecule has 1 aromatic carbocycles. The molecule has 0 fully saturated rings. The lowest BCUT2D eigenvalue weighted by molar-refractivity contribution is 0.407. The molecule has 1 unspecified atom stereocenters. The molecule has 3 nitrogen and oxygen atoms in total. The number of hydrogen-bond donors (Lipinski definition) is 1. The molecule has 1 aromatic heterocycles. The smallest absolute Gasteiger partial charge is 0.146 e. The topological polar surface area (TPSA) is 48.1 Å². The van der Waals surface area contributed by atoms with E-state index in [2.05, 4.69) is 4.98 Å². The second kappa shape index (κ2) is 5.33. The first-order valence-electron chi connectivity index (χ1n) is 5.32. The van der Waals surface area contributed by atoms with E-state index < -0.39 is 11.9 Å². The van der Waals surface area contributed by atoms with Gasteiger partial charge in [0, 0.05) is 22.3 Å². The van der Waals surface area contributed by atoms with E-state index in [9.17, 15) is 4.39 Å². The van der Waals surface area contributed by atoms with Crippen LogP contribution in [0.4, 0.5) is 4.39 Å². The highest BCUT2D eigenvalue weighted by atomic mass is 35.5. The second-order valence-corrected chi connectivity index (χ2v) is 4.20. The molecule has 0 amide bonds. The maximum atomic E-state index is 13.6. The van der Waals surface area contributed by atoms with Gasteiger partial charge in [-0.1, -0.05) is 11.6 Å². The summed E-state index contributed by atoms with van der Waals surface area (Å²) in [5, 5.41) is 0.524. The molecule has 0 aliphatic carbocycles. The predicted molar refractivity (Wildman–Crippen MR) is 68.2 cm³/mol. The van der Waals surface area contributed by atoms with E-state index >= 15 is 0 Å². The van der Waals surface area contributed by atoms with Crippen molar-refractivity contribution in [3.05, 3.63) is 58.6 Å². The molecule has 0 aliphatic heterocycles. The van der Waals surface area contributed by atoms with Gasteiger partial charge in [0.2, 0.25) is 0 Å². The predicted octanol–water partition coefficient (Wildman–Crippen LogP) is 2.93. The Bertz CT molecular complexity index is 562. The second-order valence-electron chi connectivity index (χ2n) is 3.76. The van der Waals surface area contributed by atoms with Gasteiger partial charge in [0.15, 0.2) is 0 Å². The van der Waals surface area contributed by atoms with Crippen molar-refractivity contribution in [2.45, 2.75) is 6.04 Å². The lowest BCUT2D eigenvalue weighted by Gasteiger charge is -2.16. The summed E-state index contributed by atoms with van der Waals surface area (Å²) in [5.41, 5.74) is 7.04. The lowest BCUT2D eigenvalue weighted by atomic mass is 9.99. The Balaban J connectivity index is 2.48. The largest absolute Gasteiger partial charge is 0.496 e. The van der Waals surface area contributed by atoms with Crippen LogP contribution in [-0.2, 0) is 0 Å². The van der Waals surface area contributed by atoms with Crippen LogP contribution in [0.1, 0.15) is 17.2 Å². The van der Waals surface area contributed by atoms with E-state index in [1.807, 2.05) is 0 Å². The van der Waals surface area contributed by atoms with Crippen LogP contribution < -0.4 is 10.5 Å². The summed E-state index contributed by atoms with van der Waals surface area (Å²) in [5.74, 6) is 0.121. The van der Waals surface area contributed by atoms with Crippen LogP contribution in [0.5, 0.6) is 5.75 Å². The Morgan fingerprint density at radius 3 is 2.78 bits per heavy atom. The van der Waals surface area contributed by atoms with Crippen LogP contribution in [0.15, 0.2) is 36.7 Å². The number of hydrogen-bond acceptors (Lipinski definition) is 3. The summed E-state index contributed by atoms with van der Waals surface area (Å²) in [6.07, 6.45) is 2.63. The molecule has 18 heavy (non-hydrogen) atoms. The molecule has 0 saturated carbocycles. The number of methoxy groups -OCH3 is 1. The van der Waals surface area contributed by atoms with Crippen molar-refractivity contribution in [2.24, 2.45) is 5.73 Å². The number of halogens is 2. The summed E-state index contributed by atoms with van der Waals surface area (Å²) in [7, 11) is 1.53. The van der Waals surface area contributed by atoms with Crippen LogP contribution >= 0.6 is 11.6 Å². The first-order valence-corrected chi connectivity index (χ1v) is 5.69. The Morgan fingerprint density at radius 1 is 1.33 bits per heavy atom. The maximum absolute atomic E-state index is 13.6. The number of nitrogens with zero attached hydrogens (tertiary/aromatic N) is 1. The number of ether oxygens (including phenoxy) is 1. The molecule has 94 valence electrons. The van der Waals surface area contributed by atoms with Gasteiger partial charge >= 0.3 is 0 Å².